The van der Waals surface area contributed by atoms with Crippen LogP contribution in [0.1, 0.15) is 38.8 Å². The summed E-state index contributed by atoms with van der Waals surface area (Å²) < 4.78 is 50.3. The van der Waals surface area contributed by atoms with Gasteiger partial charge in [-0.05, 0) is 41.5 Å². The Labute approximate surface area is 189 Å². The van der Waals surface area contributed by atoms with Crippen LogP contribution in [-0.2, 0) is 18.2 Å². The molecule has 0 spiro atoms. The SMILES string of the molecule is COC(=O)c1ccc(Cc2cn(C)c3ccc(C(=O)NCC(C)C(F)(F)F)cc23)c(OC)c1. The van der Waals surface area contributed by atoms with Crippen LogP contribution in [0.15, 0.2) is 42.6 Å². The van der Waals surface area contributed by atoms with Crippen molar-refractivity contribution in [2.45, 2.75) is 19.5 Å². The van der Waals surface area contributed by atoms with Crippen LogP contribution in [0.5, 0.6) is 5.75 Å². The van der Waals surface area contributed by atoms with E-state index in [2.05, 4.69) is 5.32 Å². The quantitative estimate of drug-likeness (QED) is 0.526. The standard InChI is InChI=1S/C24H25F3N2O4/c1-14(24(25,26)27)12-28-22(30)16-7-8-20-19(10-16)18(13-29(20)2)9-15-5-6-17(23(31)33-4)11-21(15)32-3/h5-8,10-11,13-14H,9,12H2,1-4H3,(H,28,30). The number of halogens is 3. The summed E-state index contributed by atoms with van der Waals surface area (Å²) in [6.45, 7) is 0.531. The van der Waals surface area contributed by atoms with Crippen molar-refractivity contribution in [1.29, 1.82) is 0 Å². The van der Waals surface area contributed by atoms with Gasteiger partial charge >= 0.3 is 12.1 Å². The number of methoxy groups -OCH3 is 2. The molecule has 3 rings (SSSR count). The van der Waals surface area contributed by atoms with E-state index in [0.717, 1.165) is 29.0 Å². The second kappa shape index (κ2) is 9.56. The van der Waals surface area contributed by atoms with Crippen molar-refractivity contribution in [3.8, 4) is 5.75 Å². The number of hydrogen-bond acceptors (Lipinski definition) is 4. The zero-order chi connectivity index (χ0) is 24.3. The lowest BCUT2D eigenvalue weighted by atomic mass is 10.0. The lowest BCUT2D eigenvalue weighted by molar-refractivity contribution is -0.167. The number of carbonyl (C=O) groups excluding carboxylic acids is 2. The van der Waals surface area contributed by atoms with Crippen LogP contribution in [-0.4, -0.2) is 43.4 Å². The lowest BCUT2D eigenvalue weighted by Crippen LogP contribution is -2.34. The number of ether oxygens (including phenoxy) is 2. The van der Waals surface area contributed by atoms with Crippen molar-refractivity contribution in [1.82, 2.24) is 9.88 Å². The van der Waals surface area contributed by atoms with Crippen molar-refractivity contribution in [2.75, 3.05) is 20.8 Å². The summed E-state index contributed by atoms with van der Waals surface area (Å²) in [5, 5.41) is 3.16. The Morgan fingerprint density at radius 3 is 2.39 bits per heavy atom. The zero-order valence-electron chi connectivity index (χ0n) is 18.7. The van der Waals surface area contributed by atoms with Crippen LogP contribution in [0.25, 0.3) is 10.9 Å². The molecule has 33 heavy (non-hydrogen) atoms. The summed E-state index contributed by atoms with van der Waals surface area (Å²) in [4.78, 5) is 24.3. The Morgan fingerprint density at radius 1 is 1.06 bits per heavy atom. The molecule has 0 saturated heterocycles. The number of hydrogen-bond donors (Lipinski definition) is 1. The fourth-order valence-electron chi connectivity index (χ4n) is 3.56. The van der Waals surface area contributed by atoms with E-state index in [1.165, 1.54) is 14.2 Å². The molecule has 1 atom stereocenters. The third-order valence-electron chi connectivity index (χ3n) is 5.55. The minimum Gasteiger partial charge on any atom is -0.496 e. The molecule has 0 fully saturated rings. The Kier molecular flexibility index (Phi) is 7.00. The van der Waals surface area contributed by atoms with Crippen molar-refractivity contribution in [3.05, 3.63) is 64.8 Å². The minimum atomic E-state index is -4.37. The molecule has 1 unspecified atom stereocenters. The zero-order valence-corrected chi connectivity index (χ0v) is 18.7. The Morgan fingerprint density at radius 2 is 1.76 bits per heavy atom. The van der Waals surface area contributed by atoms with Gasteiger partial charge in [0.2, 0.25) is 0 Å². The molecule has 0 bridgehead atoms. The van der Waals surface area contributed by atoms with Crippen LogP contribution >= 0.6 is 0 Å². The van der Waals surface area contributed by atoms with Gasteiger partial charge in [0.15, 0.2) is 0 Å². The molecule has 0 aliphatic carbocycles. The number of alkyl halides is 3. The average Bonchev–Trinajstić information content (AvgIpc) is 3.10. The van der Waals surface area contributed by atoms with E-state index in [9.17, 15) is 22.8 Å². The Balaban J connectivity index is 1.89. The first-order chi connectivity index (χ1) is 15.5. The van der Waals surface area contributed by atoms with Gasteiger partial charge in [0.25, 0.3) is 5.91 Å². The maximum atomic E-state index is 12.7. The van der Waals surface area contributed by atoms with Crippen LogP contribution in [0.2, 0.25) is 0 Å². The van der Waals surface area contributed by atoms with E-state index < -0.39 is 30.5 Å². The number of aromatic nitrogens is 1. The highest BCUT2D eigenvalue weighted by atomic mass is 19.4. The Bertz CT molecular complexity index is 1180. The molecule has 3 aromatic rings. The maximum absolute atomic E-state index is 12.7. The van der Waals surface area contributed by atoms with E-state index >= 15 is 0 Å². The number of nitrogens with one attached hydrogen (secondary N) is 1. The van der Waals surface area contributed by atoms with E-state index in [1.54, 1.807) is 36.4 Å². The monoisotopic (exact) mass is 462 g/mol. The van der Waals surface area contributed by atoms with Gasteiger partial charge in [-0.25, -0.2) is 4.79 Å². The normalized spacial score (nSPS) is 12.5. The highest BCUT2D eigenvalue weighted by molar-refractivity contribution is 5.99. The third kappa shape index (κ3) is 5.30. The van der Waals surface area contributed by atoms with Gasteiger partial charge in [0, 0.05) is 42.7 Å². The molecule has 176 valence electrons. The lowest BCUT2D eigenvalue weighted by Gasteiger charge is -2.16. The second-order valence-corrected chi connectivity index (χ2v) is 7.84. The van der Waals surface area contributed by atoms with Crippen molar-refractivity contribution >= 4 is 22.8 Å². The third-order valence-corrected chi connectivity index (χ3v) is 5.55. The molecule has 2 aromatic carbocycles. The molecular formula is C24H25F3N2O4. The fourth-order valence-corrected chi connectivity index (χ4v) is 3.56. The number of benzene rings is 2. The first-order valence-electron chi connectivity index (χ1n) is 10.2. The molecule has 0 radical (unpaired) electrons. The molecule has 0 aliphatic heterocycles. The van der Waals surface area contributed by atoms with Crippen LogP contribution in [0.3, 0.4) is 0 Å². The molecular weight excluding hydrogens is 437 g/mol. The average molecular weight is 462 g/mol. The Hall–Kier alpha value is -3.49. The fraction of sp³-hybridized carbons (Fsp3) is 0.333. The number of amides is 1. The minimum absolute atomic E-state index is 0.275. The maximum Gasteiger partial charge on any atom is 0.393 e. The summed E-state index contributed by atoms with van der Waals surface area (Å²) in [5.41, 5.74) is 3.23. The van der Waals surface area contributed by atoms with Crippen LogP contribution < -0.4 is 10.1 Å². The van der Waals surface area contributed by atoms with Crippen LogP contribution in [0, 0.1) is 5.92 Å². The predicted octanol–water partition coefficient (Wildman–Crippen LogP) is 4.49. The number of nitrogens with zero attached hydrogens (tertiary/aromatic N) is 1. The van der Waals surface area contributed by atoms with Crippen molar-refractivity contribution in [3.63, 3.8) is 0 Å². The number of carbonyl (C=O) groups is 2. The molecule has 0 aliphatic rings. The summed E-state index contributed by atoms with van der Waals surface area (Å²) in [6, 6.07) is 10.1. The van der Waals surface area contributed by atoms with Crippen molar-refractivity contribution in [2.24, 2.45) is 13.0 Å². The smallest absolute Gasteiger partial charge is 0.393 e. The number of esters is 1. The van der Waals surface area contributed by atoms with Gasteiger partial charge in [0.1, 0.15) is 5.75 Å². The number of rotatable bonds is 7. The molecule has 6 nitrogen and oxygen atoms in total. The number of aryl methyl sites for hydroxylation is 1. The first kappa shape index (κ1) is 24.2. The van der Waals surface area contributed by atoms with Gasteiger partial charge in [0.05, 0.1) is 25.7 Å². The molecule has 0 saturated carbocycles. The first-order valence-corrected chi connectivity index (χ1v) is 10.2. The number of fused-ring (bicyclic) bond motifs is 1. The molecule has 9 heteroatoms. The van der Waals surface area contributed by atoms with Gasteiger partial charge in [-0.1, -0.05) is 13.0 Å². The van der Waals surface area contributed by atoms with E-state index in [4.69, 9.17) is 9.47 Å². The van der Waals surface area contributed by atoms with E-state index in [-0.39, 0.29) is 5.56 Å². The summed E-state index contributed by atoms with van der Waals surface area (Å²) >= 11 is 0. The molecule has 1 aromatic heterocycles. The van der Waals surface area contributed by atoms with Crippen LogP contribution in [0.4, 0.5) is 13.2 Å². The van der Waals surface area contributed by atoms with E-state index in [0.29, 0.717) is 17.7 Å². The summed E-state index contributed by atoms with van der Waals surface area (Å²) in [5.74, 6) is -2.16. The van der Waals surface area contributed by atoms with Gasteiger partial charge in [-0.15, -0.1) is 0 Å². The van der Waals surface area contributed by atoms with E-state index in [1.807, 2.05) is 17.8 Å². The summed E-state index contributed by atoms with van der Waals surface area (Å²) in [6.07, 6.45) is -1.99. The largest absolute Gasteiger partial charge is 0.496 e. The molecule has 1 heterocycles. The topological polar surface area (TPSA) is 69.6 Å². The molecule has 1 amide bonds. The van der Waals surface area contributed by atoms with Gasteiger partial charge in [-0.3, -0.25) is 4.79 Å². The molecule has 1 N–H and O–H groups in total. The van der Waals surface area contributed by atoms with Gasteiger partial charge in [-0.2, -0.15) is 13.2 Å². The van der Waals surface area contributed by atoms with Crippen molar-refractivity contribution < 1.29 is 32.2 Å². The predicted molar refractivity (Wildman–Crippen MR) is 118 cm³/mol. The highest BCUT2D eigenvalue weighted by Gasteiger charge is 2.35. The second-order valence-electron chi connectivity index (χ2n) is 7.84. The van der Waals surface area contributed by atoms with Gasteiger partial charge < -0.3 is 19.4 Å². The summed E-state index contributed by atoms with van der Waals surface area (Å²) in [7, 11) is 4.68. The highest BCUT2D eigenvalue weighted by Crippen LogP contribution is 2.29.